The number of hydrogen-bond acceptors (Lipinski definition) is 2. The van der Waals surface area contributed by atoms with Crippen LogP contribution in [0.15, 0.2) is 58.2 Å². The van der Waals surface area contributed by atoms with Gasteiger partial charge in [-0.2, -0.15) is 0 Å². The molecule has 3 aliphatic rings. The van der Waals surface area contributed by atoms with Crippen molar-refractivity contribution in [3.05, 3.63) is 48.2 Å². The van der Waals surface area contributed by atoms with Crippen molar-refractivity contribution >= 4 is 11.9 Å². The highest BCUT2D eigenvalue weighted by molar-refractivity contribution is 6.12. The molecular formula is C11H8N2. The van der Waals surface area contributed by atoms with Gasteiger partial charge in [-0.15, -0.1) is 0 Å². The minimum Gasteiger partial charge on any atom is -0.271 e. The molecule has 0 saturated carbocycles. The molecule has 1 atom stereocenters. The van der Waals surface area contributed by atoms with Crippen LogP contribution in [0, 0.1) is 0 Å². The van der Waals surface area contributed by atoms with Gasteiger partial charge in [0.15, 0.2) is 0 Å². The minimum absolute atomic E-state index is 0.288. The van der Waals surface area contributed by atoms with Gasteiger partial charge in [0.05, 0.1) is 5.71 Å². The Morgan fingerprint density at radius 2 is 2.08 bits per heavy atom. The molecule has 3 rings (SSSR count). The van der Waals surface area contributed by atoms with E-state index in [0.717, 1.165) is 11.3 Å². The van der Waals surface area contributed by atoms with Crippen molar-refractivity contribution in [1.82, 2.24) is 0 Å². The maximum absolute atomic E-state index is 4.50. The van der Waals surface area contributed by atoms with Crippen molar-refractivity contribution < 1.29 is 0 Å². The molecule has 0 fully saturated rings. The number of hydrogen-bond donors (Lipinski definition) is 0. The Bertz CT molecular complexity index is 389. The zero-order chi connectivity index (χ0) is 8.73. The fourth-order valence-electron chi connectivity index (χ4n) is 1.84. The molecule has 2 heteroatoms. The number of rotatable bonds is 0. The fraction of sp³-hybridized carbons (Fsp3) is 0.0909. The molecule has 0 bridgehead atoms. The molecule has 0 radical (unpaired) electrons. The molecule has 62 valence electrons. The second-order valence-electron chi connectivity index (χ2n) is 3.22. The maximum atomic E-state index is 4.50. The average Bonchev–Trinajstić information content (AvgIpc) is 2.56. The van der Waals surface area contributed by atoms with Crippen LogP contribution in [0.4, 0.5) is 0 Å². The van der Waals surface area contributed by atoms with E-state index in [2.05, 4.69) is 22.1 Å². The monoisotopic (exact) mass is 168 g/mol. The van der Waals surface area contributed by atoms with Crippen LogP contribution in [-0.2, 0) is 0 Å². The lowest BCUT2D eigenvalue weighted by Gasteiger charge is -2.27. The fourth-order valence-corrected chi connectivity index (χ4v) is 1.84. The number of aliphatic imine (C=N–C) groups is 2. The van der Waals surface area contributed by atoms with Crippen LogP contribution in [0.3, 0.4) is 0 Å². The summed E-state index contributed by atoms with van der Waals surface area (Å²) in [6, 6.07) is 0. The lowest BCUT2D eigenvalue weighted by Crippen LogP contribution is -2.35. The van der Waals surface area contributed by atoms with Gasteiger partial charge in [-0.1, -0.05) is 18.2 Å². The Hall–Kier alpha value is -1.70. The van der Waals surface area contributed by atoms with Crippen molar-refractivity contribution in [2.75, 3.05) is 0 Å². The van der Waals surface area contributed by atoms with E-state index in [1.54, 1.807) is 0 Å². The van der Waals surface area contributed by atoms with Crippen molar-refractivity contribution in [1.29, 1.82) is 0 Å². The van der Waals surface area contributed by atoms with E-state index >= 15 is 0 Å². The Kier molecular flexibility index (Phi) is 1.13. The van der Waals surface area contributed by atoms with Crippen molar-refractivity contribution in [2.45, 2.75) is 5.54 Å². The second-order valence-corrected chi connectivity index (χ2v) is 3.22. The highest BCUT2D eigenvalue weighted by Gasteiger charge is 2.39. The first-order valence-electron chi connectivity index (χ1n) is 4.28. The molecule has 2 heterocycles. The molecule has 2 nitrogen and oxygen atoms in total. The van der Waals surface area contributed by atoms with Crippen LogP contribution in [0.5, 0.6) is 0 Å². The summed E-state index contributed by atoms with van der Waals surface area (Å²) in [6.45, 7) is 0. The summed E-state index contributed by atoms with van der Waals surface area (Å²) in [7, 11) is 0. The normalized spacial score (nSPS) is 32.6. The largest absolute Gasteiger partial charge is 0.271 e. The van der Waals surface area contributed by atoms with E-state index in [1.807, 2.05) is 36.7 Å². The van der Waals surface area contributed by atoms with E-state index in [0.29, 0.717) is 0 Å². The topological polar surface area (TPSA) is 24.7 Å². The Balaban J connectivity index is 2.23. The summed E-state index contributed by atoms with van der Waals surface area (Å²) >= 11 is 0. The second kappa shape index (κ2) is 2.16. The standard InChI is InChI=1S/C11H8N2/c1-2-6-11-9(4-3-7-13-11)8-12-10(11)5-1/h1-8H. The molecule has 0 amide bonds. The third kappa shape index (κ3) is 0.724. The Morgan fingerprint density at radius 3 is 3.08 bits per heavy atom. The molecule has 1 spiro atoms. The number of dihydropyridines is 1. The zero-order valence-electron chi connectivity index (χ0n) is 7.01. The first-order valence-corrected chi connectivity index (χ1v) is 4.28. The minimum atomic E-state index is -0.288. The molecule has 13 heavy (non-hydrogen) atoms. The van der Waals surface area contributed by atoms with Gasteiger partial charge >= 0.3 is 0 Å². The van der Waals surface area contributed by atoms with Crippen LogP contribution < -0.4 is 0 Å². The van der Waals surface area contributed by atoms with Gasteiger partial charge in [0.1, 0.15) is 5.54 Å². The summed E-state index contributed by atoms with van der Waals surface area (Å²) < 4.78 is 0. The lowest BCUT2D eigenvalue weighted by molar-refractivity contribution is 0.853. The van der Waals surface area contributed by atoms with Crippen molar-refractivity contribution in [3.63, 3.8) is 0 Å². The van der Waals surface area contributed by atoms with Crippen LogP contribution in [0.25, 0.3) is 0 Å². The summed E-state index contributed by atoms with van der Waals surface area (Å²) in [5.41, 5.74) is 1.89. The van der Waals surface area contributed by atoms with Crippen LogP contribution in [0.2, 0.25) is 0 Å². The molecule has 0 aromatic heterocycles. The van der Waals surface area contributed by atoms with E-state index in [1.165, 1.54) is 0 Å². The van der Waals surface area contributed by atoms with Crippen molar-refractivity contribution in [3.8, 4) is 0 Å². The predicted octanol–water partition coefficient (Wildman–Crippen LogP) is 1.83. The first-order chi connectivity index (χ1) is 6.42. The predicted molar refractivity (Wildman–Crippen MR) is 54.2 cm³/mol. The third-order valence-electron chi connectivity index (χ3n) is 2.52. The molecule has 0 aromatic rings. The SMILES string of the molecule is C1=CC2=CN=C3C=CC=CC23N=C1. The average molecular weight is 168 g/mol. The van der Waals surface area contributed by atoms with E-state index in [9.17, 15) is 0 Å². The number of allylic oxidation sites excluding steroid dienone is 3. The van der Waals surface area contributed by atoms with Gasteiger partial charge in [0.25, 0.3) is 0 Å². The summed E-state index contributed by atoms with van der Waals surface area (Å²) in [5, 5.41) is 0. The Morgan fingerprint density at radius 1 is 1.08 bits per heavy atom. The Labute approximate surface area is 76.4 Å². The van der Waals surface area contributed by atoms with Gasteiger partial charge in [0.2, 0.25) is 0 Å². The quantitative estimate of drug-likeness (QED) is 0.527. The highest BCUT2D eigenvalue weighted by atomic mass is 15.0. The molecule has 0 aromatic carbocycles. The van der Waals surface area contributed by atoms with Gasteiger partial charge < -0.3 is 0 Å². The van der Waals surface area contributed by atoms with Gasteiger partial charge in [0, 0.05) is 18.0 Å². The summed E-state index contributed by atoms with van der Waals surface area (Å²) in [5.74, 6) is 0. The third-order valence-corrected chi connectivity index (χ3v) is 2.52. The highest BCUT2D eigenvalue weighted by Crippen LogP contribution is 2.35. The van der Waals surface area contributed by atoms with Gasteiger partial charge in [-0.3, -0.25) is 9.98 Å². The van der Waals surface area contributed by atoms with Gasteiger partial charge in [-0.25, -0.2) is 0 Å². The van der Waals surface area contributed by atoms with Crippen LogP contribution in [-0.4, -0.2) is 17.5 Å². The number of nitrogens with zero attached hydrogens (tertiary/aromatic N) is 2. The summed E-state index contributed by atoms with van der Waals surface area (Å²) in [4.78, 5) is 8.84. The van der Waals surface area contributed by atoms with Gasteiger partial charge in [-0.05, 0) is 18.2 Å². The first kappa shape index (κ1) is 6.78. The van der Waals surface area contributed by atoms with E-state index < -0.39 is 0 Å². The van der Waals surface area contributed by atoms with E-state index in [4.69, 9.17) is 0 Å². The lowest BCUT2D eigenvalue weighted by atomic mass is 9.83. The smallest absolute Gasteiger partial charge is 0.147 e. The van der Waals surface area contributed by atoms with Crippen LogP contribution >= 0.6 is 0 Å². The molecular weight excluding hydrogens is 160 g/mol. The zero-order valence-corrected chi connectivity index (χ0v) is 7.01. The molecule has 0 saturated heterocycles. The molecule has 2 aliphatic heterocycles. The van der Waals surface area contributed by atoms with E-state index in [-0.39, 0.29) is 5.54 Å². The molecule has 1 unspecified atom stereocenters. The van der Waals surface area contributed by atoms with Crippen LogP contribution in [0.1, 0.15) is 0 Å². The molecule has 1 aliphatic carbocycles. The maximum Gasteiger partial charge on any atom is 0.147 e. The molecule has 0 N–H and O–H groups in total. The van der Waals surface area contributed by atoms with Crippen molar-refractivity contribution in [2.24, 2.45) is 9.98 Å². The summed E-state index contributed by atoms with van der Waals surface area (Å²) in [6.07, 6.45) is 15.9.